The first kappa shape index (κ1) is 17.6. The second kappa shape index (κ2) is 7.02. The van der Waals surface area contributed by atoms with Crippen molar-refractivity contribution in [2.24, 2.45) is 5.41 Å². The maximum atomic E-state index is 10.6. The Morgan fingerprint density at radius 1 is 1.24 bits per heavy atom. The third-order valence-corrected chi connectivity index (χ3v) is 3.64. The van der Waals surface area contributed by atoms with Crippen LogP contribution < -0.4 is 0 Å². The summed E-state index contributed by atoms with van der Waals surface area (Å²) in [6, 6.07) is 7.51. The molecule has 21 heavy (non-hydrogen) atoms. The van der Waals surface area contributed by atoms with Gasteiger partial charge in [0.2, 0.25) is 0 Å². The second-order valence-corrected chi connectivity index (χ2v) is 6.52. The standard InChI is InChI=1S/C15H20ClN3O.H2O/c1-15(2,3)14(20)13(19-10-17-9-18-19)8-11-4-6-12(16)7-5-11;/h4-7,9-10,13-14,20H,8H2,1-3H3;1H2/t13-,14+;/m0./s1. The Morgan fingerprint density at radius 2 is 1.86 bits per heavy atom. The maximum absolute atomic E-state index is 10.6. The Kier molecular flexibility index (Phi) is 5.89. The van der Waals surface area contributed by atoms with Crippen LogP contribution in [0.3, 0.4) is 0 Å². The SMILES string of the molecule is CC(C)(C)[C@H](O)[C@H](Cc1ccc(Cl)cc1)n1cncn1.O. The number of hydrogen-bond acceptors (Lipinski definition) is 3. The normalized spacial score (nSPS) is 14.3. The number of aliphatic hydroxyl groups excluding tert-OH is 1. The van der Waals surface area contributed by atoms with Crippen LogP contribution in [-0.4, -0.2) is 31.5 Å². The summed E-state index contributed by atoms with van der Waals surface area (Å²) >= 11 is 5.91. The fourth-order valence-electron chi connectivity index (χ4n) is 2.18. The number of nitrogens with zero attached hydrogens (tertiary/aromatic N) is 3. The van der Waals surface area contributed by atoms with Gasteiger partial charge in [0.25, 0.3) is 0 Å². The van der Waals surface area contributed by atoms with E-state index in [1.54, 1.807) is 11.0 Å². The van der Waals surface area contributed by atoms with Crippen LogP contribution in [0.15, 0.2) is 36.9 Å². The zero-order chi connectivity index (χ0) is 14.8. The van der Waals surface area contributed by atoms with E-state index in [0.29, 0.717) is 11.4 Å². The summed E-state index contributed by atoms with van der Waals surface area (Å²) in [6.07, 6.45) is 3.29. The number of hydrogen-bond donors (Lipinski definition) is 1. The van der Waals surface area contributed by atoms with Gasteiger partial charge in [-0.15, -0.1) is 0 Å². The molecule has 2 rings (SSSR count). The van der Waals surface area contributed by atoms with Crippen LogP contribution in [0, 0.1) is 5.41 Å². The van der Waals surface area contributed by atoms with Gasteiger partial charge >= 0.3 is 0 Å². The van der Waals surface area contributed by atoms with Crippen LogP contribution >= 0.6 is 11.6 Å². The summed E-state index contributed by atoms with van der Waals surface area (Å²) in [5.41, 5.74) is 0.876. The molecule has 2 atom stereocenters. The van der Waals surface area contributed by atoms with Gasteiger partial charge in [-0.1, -0.05) is 44.5 Å². The van der Waals surface area contributed by atoms with Gasteiger partial charge in [0.1, 0.15) is 12.7 Å². The summed E-state index contributed by atoms with van der Waals surface area (Å²) in [6.45, 7) is 6.05. The second-order valence-electron chi connectivity index (χ2n) is 6.08. The molecular weight excluding hydrogens is 290 g/mol. The van der Waals surface area contributed by atoms with Crippen LogP contribution in [-0.2, 0) is 6.42 Å². The average molecular weight is 312 g/mol. The molecule has 0 saturated heterocycles. The zero-order valence-corrected chi connectivity index (χ0v) is 13.2. The van der Waals surface area contributed by atoms with Crippen molar-refractivity contribution in [3.63, 3.8) is 0 Å². The topological polar surface area (TPSA) is 82.4 Å². The molecule has 3 N–H and O–H groups in total. The molecule has 2 aromatic rings. The zero-order valence-electron chi connectivity index (χ0n) is 12.5. The monoisotopic (exact) mass is 311 g/mol. The van der Waals surface area contributed by atoms with E-state index in [9.17, 15) is 5.11 Å². The highest BCUT2D eigenvalue weighted by Crippen LogP contribution is 2.30. The molecule has 0 aliphatic heterocycles. The van der Waals surface area contributed by atoms with Crippen molar-refractivity contribution in [3.05, 3.63) is 47.5 Å². The third kappa shape index (κ3) is 4.52. The largest absolute Gasteiger partial charge is 0.412 e. The van der Waals surface area contributed by atoms with Crippen molar-refractivity contribution >= 4 is 11.6 Å². The molecule has 0 saturated carbocycles. The molecule has 0 radical (unpaired) electrons. The first-order valence-electron chi connectivity index (χ1n) is 6.64. The number of halogens is 1. The van der Waals surface area contributed by atoms with Crippen LogP contribution in [0.25, 0.3) is 0 Å². The minimum Gasteiger partial charge on any atom is -0.412 e. The van der Waals surface area contributed by atoms with E-state index in [1.807, 2.05) is 45.0 Å². The van der Waals surface area contributed by atoms with Crippen LogP contribution in [0.1, 0.15) is 32.4 Å². The fourth-order valence-corrected chi connectivity index (χ4v) is 2.30. The first-order valence-corrected chi connectivity index (χ1v) is 7.02. The lowest BCUT2D eigenvalue weighted by Crippen LogP contribution is -2.37. The van der Waals surface area contributed by atoms with Crippen molar-refractivity contribution in [3.8, 4) is 0 Å². The Bertz CT molecular complexity index is 535. The number of benzene rings is 1. The number of rotatable bonds is 4. The van der Waals surface area contributed by atoms with E-state index in [-0.39, 0.29) is 16.9 Å². The Morgan fingerprint density at radius 3 is 2.33 bits per heavy atom. The van der Waals surface area contributed by atoms with Crippen molar-refractivity contribution in [1.29, 1.82) is 0 Å². The molecule has 6 heteroatoms. The molecule has 0 amide bonds. The first-order chi connectivity index (χ1) is 9.38. The maximum Gasteiger partial charge on any atom is 0.137 e. The minimum atomic E-state index is -0.528. The van der Waals surface area contributed by atoms with Gasteiger partial charge in [0.05, 0.1) is 12.1 Å². The lowest BCUT2D eigenvalue weighted by atomic mass is 9.82. The molecular formula is C15H22ClN3O2. The summed E-state index contributed by atoms with van der Waals surface area (Å²) in [4.78, 5) is 3.98. The lowest BCUT2D eigenvalue weighted by Gasteiger charge is -2.33. The van der Waals surface area contributed by atoms with Gasteiger partial charge in [-0.05, 0) is 29.5 Å². The van der Waals surface area contributed by atoms with Gasteiger partial charge in [0, 0.05) is 5.02 Å². The quantitative estimate of drug-likeness (QED) is 0.940. The van der Waals surface area contributed by atoms with Crippen molar-refractivity contribution in [2.75, 3.05) is 0 Å². The molecule has 0 fully saturated rings. The third-order valence-electron chi connectivity index (χ3n) is 3.39. The average Bonchev–Trinajstić information content (AvgIpc) is 2.90. The van der Waals surface area contributed by atoms with E-state index in [0.717, 1.165) is 5.56 Å². The molecule has 1 aromatic carbocycles. The molecule has 1 aromatic heterocycles. The molecule has 1 heterocycles. The lowest BCUT2D eigenvalue weighted by molar-refractivity contribution is 0.0124. The highest BCUT2D eigenvalue weighted by molar-refractivity contribution is 6.30. The Balaban J connectivity index is 0.00000220. The summed E-state index contributed by atoms with van der Waals surface area (Å²) < 4.78 is 1.73. The fraction of sp³-hybridized carbons (Fsp3) is 0.467. The van der Waals surface area contributed by atoms with Crippen molar-refractivity contribution < 1.29 is 10.6 Å². The van der Waals surface area contributed by atoms with Crippen molar-refractivity contribution in [2.45, 2.75) is 39.3 Å². The van der Waals surface area contributed by atoms with Crippen molar-refractivity contribution in [1.82, 2.24) is 14.8 Å². The number of aliphatic hydroxyl groups is 1. The molecule has 0 unspecified atom stereocenters. The molecule has 116 valence electrons. The van der Waals surface area contributed by atoms with E-state index in [2.05, 4.69) is 10.1 Å². The van der Waals surface area contributed by atoms with Crippen LogP contribution in [0.4, 0.5) is 0 Å². The van der Waals surface area contributed by atoms with Gasteiger partial charge in [0.15, 0.2) is 0 Å². The predicted molar refractivity (Wildman–Crippen MR) is 83.3 cm³/mol. The van der Waals surface area contributed by atoms with Gasteiger partial charge in [-0.25, -0.2) is 9.67 Å². The molecule has 0 aliphatic carbocycles. The predicted octanol–water partition coefficient (Wildman–Crippen LogP) is 2.30. The summed E-state index contributed by atoms with van der Waals surface area (Å²) in [5.74, 6) is 0. The minimum absolute atomic E-state index is 0. The van der Waals surface area contributed by atoms with E-state index in [1.165, 1.54) is 6.33 Å². The van der Waals surface area contributed by atoms with Gasteiger partial charge < -0.3 is 10.6 Å². The van der Waals surface area contributed by atoms with E-state index in [4.69, 9.17) is 11.6 Å². The molecule has 0 aliphatic rings. The van der Waals surface area contributed by atoms with Crippen LogP contribution in [0.2, 0.25) is 5.02 Å². The number of aromatic nitrogens is 3. The molecule has 0 spiro atoms. The molecule has 0 bridgehead atoms. The van der Waals surface area contributed by atoms with Crippen LogP contribution in [0.5, 0.6) is 0 Å². The smallest absolute Gasteiger partial charge is 0.137 e. The summed E-state index contributed by atoms with van der Waals surface area (Å²) in [5, 5.41) is 15.5. The Labute approximate surface area is 129 Å². The highest BCUT2D eigenvalue weighted by Gasteiger charge is 2.32. The summed E-state index contributed by atoms with van der Waals surface area (Å²) in [7, 11) is 0. The van der Waals surface area contributed by atoms with Gasteiger partial charge in [-0.3, -0.25) is 0 Å². The van der Waals surface area contributed by atoms with E-state index >= 15 is 0 Å². The highest BCUT2D eigenvalue weighted by atomic mass is 35.5. The Hall–Kier alpha value is -1.43. The van der Waals surface area contributed by atoms with E-state index < -0.39 is 6.10 Å². The van der Waals surface area contributed by atoms with Gasteiger partial charge in [-0.2, -0.15) is 5.10 Å². The molecule has 5 nitrogen and oxygen atoms in total.